The van der Waals surface area contributed by atoms with Gasteiger partial charge in [-0.05, 0) is 46.6 Å². The average Bonchev–Trinajstić information content (AvgIpc) is 2.52. The molecule has 0 spiro atoms. The summed E-state index contributed by atoms with van der Waals surface area (Å²) in [6.45, 7) is 11.3. The molecule has 2 aromatic carbocycles. The molecule has 0 fully saturated rings. The predicted octanol–water partition coefficient (Wildman–Crippen LogP) is 6.02. The summed E-state index contributed by atoms with van der Waals surface area (Å²) in [6, 6.07) is 17.5. The lowest BCUT2D eigenvalue weighted by Gasteiger charge is -2.33. The third-order valence-electron chi connectivity index (χ3n) is 4.04. The molecule has 0 atom stereocenters. The molecule has 0 saturated carbocycles. The van der Waals surface area contributed by atoms with Gasteiger partial charge in [0.15, 0.2) is 0 Å². The first kappa shape index (κ1) is 19.0. The summed E-state index contributed by atoms with van der Waals surface area (Å²) in [6.07, 6.45) is 4.29. The van der Waals surface area contributed by atoms with Gasteiger partial charge in [0.25, 0.3) is 0 Å². The molecule has 0 aliphatic heterocycles. The van der Waals surface area contributed by atoms with E-state index >= 15 is 0 Å². The Balaban J connectivity index is 2.00. The van der Waals surface area contributed by atoms with Crippen molar-refractivity contribution in [3.05, 3.63) is 71.8 Å². The molecule has 2 nitrogen and oxygen atoms in total. The van der Waals surface area contributed by atoms with E-state index in [9.17, 15) is 4.79 Å². The molecule has 0 saturated heterocycles. The van der Waals surface area contributed by atoms with Crippen molar-refractivity contribution in [2.24, 2.45) is 5.41 Å². The minimum absolute atomic E-state index is 0.0774. The van der Waals surface area contributed by atoms with Crippen molar-refractivity contribution in [2.45, 2.75) is 46.5 Å². The third-order valence-corrected chi connectivity index (χ3v) is 4.04. The van der Waals surface area contributed by atoms with Crippen LogP contribution in [0.1, 0.15) is 52.2 Å². The number of hydrogen-bond acceptors (Lipinski definition) is 2. The minimum atomic E-state index is -0.370. The zero-order chi connectivity index (χ0) is 18.5. The van der Waals surface area contributed by atoms with Gasteiger partial charge < -0.3 is 4.74 Å². The first-order valence-electron chi connectivity index (χ1n) is 8.71. The van der Waals surface area contributed by atoms with Crippen LogP contribution in [0.4, 0.5) is 0 Å². The number of rotatable bonds is 5. The molecule has 0 radical (unpaired) electrons. The maximum Gasteiger partial charge on any atom is 0.336 e. The number of ether oxygens (including phenoxy) is 1. The Morgan fingerprint density at radius 2 is 1.52 bits per heavy atom. The van der Waals surface area contributed by atoms with E-state index in [0.717, 1.165) is 12.0 Å². The van der Waals surface area contributed by atoms with Gasteiger partial charge in [-0.25, -0.2) is 4.79 Å². The Morgan fingerprint density at radius 3 is 2.08 bits per heavy atom. The topological polar surface area (TPSA) is 26.3 Å². The molecular weight excluding hydrogens is 308 g/mol. The van der Waals surface area contributed by atoms with Crippen LogP contribution in [-0.4, -0.2) is 5.97 Å². The quantitative estimate of drug-likeness (QED) is 0.379. The molecule has 0 heterocycles. The van der Waals surface area contributed by atoms with Crippen LogP contribution in [0.15, 0.2) is 60.7 Å². The van der Waals surface area contributed by atoms with Crippen molar-refractivity contribution in [3.63, 3.8) is 0 Å². The summed E-state index contributed by atoms with van der Waals surface area (Å²) in [5.74, 6) is 0.198. The Hall–Kier alpha value is -2.35. The molecule has 0 aromatic heterocycles. The highest BCUT2D eigenvalue weighted by Gasteiger charge is 2.27. The highest BCUT2D eigenvalue weighted by Crippen LogP contribution is 2.36. The second-order valence-electron chi connectivity index (χ2n) is 8.31. The van der Waals surface area contributed by atoms with Crippen molar-refractivity contribution >= 4 is 12.0 Å². The van der Waals surface area contributed by atoms with Crippen molar-refractivity contribution < 1.29 is 9.53 Å². The fourth-order valence-electron chi connectivity index (χ4n) is 3.28. The highest BCUT2D eigenvalue weighted by molar-refractivity contribution is 5.88. The summed E-state index contributed by atoms with van der Waals surface area (Å²) in [7, 11) is 0. The standard InChI is InChI=1S/C23H28O2/c1-22(2,3)17-23(4,5)19-12-14-20(15-13-19)25-21(24)16-11-18-9-7-6-8-10-18/h6-16H,17H2,1-5H3/b16-11+. The van der Waals surface area contributed by atoms with E-state index in [-0.39, 0.29) is 16.8 Å². The molecule has 0 bridgehead atoms. The zero-order valence-corrected chi connectivity index (χ0v) is 15.9. The first-order valence-corrected chi connectivity index (χ1v) is 8.71. The summed E-state index contributed by atoms with van der Waals surface area (Å²) in [5, 5.41) is 0. The monoisotopic (exact) mass is 336 g/mol. The highest BCUT2D eigenvalue weighted by atomic mass is 16.5. The van der Waals surface area contributed by atoms with E-state index in [1.54, 1.807) is 6.08 Å². The van der Waals surface area contributed by atoms with Crippen molar-refractivity contribution in [1.82, 2.24) is 0 Å². The second-order valence-corrected chi connectivity index (χ2v) is 8.31. The van der Waals surface area contributed by atoms with Crippen molar-refractivity contribution in [3.8, 4) is 5.75 Å². The predicted molar refractivity (Wildman–Crippen MR) is 105 cm³/mol. The molecule has 0 N–H and O–H groups in total. The maximum atomic E-state index is 11.9. The fourth-order valence-corrected chi connectivity index (χ4v) is 3.28. The number of carbonyl (C=O) groups is 1. The van der Waals surface area contributed by atoms with Crippen LogP contribution in [0.25, 0.3) is 6.08 Å². The Kier molecular flexibility index (Phi) is 5.84. The molecule has 0 amide bonds. The molecule has 132 valence electrons. The molecule has 0 aliphatic carbocycles. The SMILES string of the molecule is CC(C)(C)CC(C)(C)c1ccc(OC(=O)/C=C/c2ccccc2)cc1. The lowest BCUT2D eigenvalue weighted by Crippen LogP contribution is -2.24. The number of esters is 1. The zero-order valence-electron chi connectivity index (χ0n) is 15.9. The lowest BCUT2D eigenvalue weighted by atomic mass is 9.72. The summed E-state index contributed by atoms with van der Waals surface area (Å²) in [4.78, 5) is 11.9. The van der Waals surface area contributed by atoms with Gasteiger partial charge in [-0.15, -0.1) is 0 Å². The van der Waals surface area contributed by atoms with Gasteiger partial charge in [0.2, 0.25) is 0 Å². The maximum absolute atomic E-state index is 11.9. The van der Waals surface area contributed by atoms with Gasteiger partial charge in [0.1, 0.15) is 5.75 Å². The molecule has 2 heteroatoms. The van der Waals surface area contributed by atoms with Gasteiger partial charge in [0, 0.05) is 6.08 Å². The van der Waals surface area contributed by atoms with E-state index in [1.807, 2.05) is 42.5 Å². The minimum Gasteiger partial charge on any atom is -0.423 e. The van der Waals surface area contributed by atoms with Crippen molar-refractivity contribution in [2.75, 3.05) is 0 Å². The van der Waals surface area contributed by atoms with Crippen LogP contribution >= 0.6 is 0 Å². The van der Waals surface area contributed by atoms with Crippen LogP contribution in [0.5, 0.6) is 5.75 Å². The fraction of sp³-hybridized carbons (Fsp3) is 0.348. The number of benzene rings is 2. The molecule has 25 heavy (non-hydrogen) atoms. The van der Waals surface area contributed by atoms with E-state index in [0.29, 0.717) is 5.75 Å². The van der Waals surface area contributed by atoms with E-state index in [1.165, 1.54) is 11.6 Å². The first-order chi connectivity index (χ1) is 11.7. The van der Waals surface area contributed by atoms with E-state index in [2.05, 4.69) is 46.8 Å². The van der Waals surface area contributed by atoms with Gasteiger partial charge in [-0.3, -0.25) is 0 Å². The third kappa shape index (κ3) is 6.22. The van der Waals surface area contributed by atoms with Crippen LogP contribution in [0.3, 0.4) is 0 Å². The Morgan fingerprint density at radius 1 is 0.920 bits per heavy atom. The molecule has 2 aromatic rings. The largest absolute Gasteiger partial charge is 0.423 e. The van der Waals surface area contributed by atoms with Gasteiger partial charge in [0.05, 0.1) is 0 Å². The molecule has 0 aliphatic rings. The lowest BCUT2D eigenvalue weighted by molar-refractivity contribution is -0.128. The van der Waals surface area contributed by atoms with Gasteiger partial charge in [-0.1, -0.05) is 77.1 Å². The van der Waals surface area contributed by atoms with Crippen LogP contribution in [0, 0.1) is 5.41 Å². The Labute approximate surface area is 151 Å². The smallest absolute Gasteiger partial charge is 0.336 e. The number of hydrogen-bond donors (Lipinski definition) is 0. The molecular formula is C23H28O2. The van der Waals surface area contributed by atoms with Crippen LogP contribution in [-0.2, 0) is 10.2 Å². The second kappa shape index (κ2) is 7.69. The Bertz CT molecular complexity index is 717. The summed E-state index contributed by atoms with van der Waals surface area (Å²) in [5.41, 5.74) is 2.56. The summed E-state index contributed by atoms with van der Waals surface area (Å²) < 4.78 is 5.38. The summed E-state index contributed by atoms with van der Waals surface area (Å²) >= 11 is 0. The van der Waals surface area contributed by atoms with Gasteiger partial charge in [-0.2, -0.15) is 0 Å². The molecule has 2 rings (SSSR count). The van der Waals surface area contributed by atoms with Crippen LogP contribution in [0.2, 0.25) is 0 Å². The molecule has 0 unspecified atom stereocenters. The van der Waals surface area contributed by atoms with E-state index < -0.39 is 0 Å². The van der Waals surface area contributed by atoms with Gasteiger partial charge >= 0.3 is 5.97 Å². The number of carbonyl (C=O) groups excluding carboxylic acids is 1. The van der Waals surface area contributed by atoms with Crippen LogP contribution < -0.4 is 4.74 Å². The van der Waals surface area contributed by atoms with Crippen molar-refractivity contribution in [1.29, 1.82) is 0 Å². The normalized spacial score (nSPS) is 12.4. The average molecular weight is 336 g/mol. The van der Waals surface area contributed by atoms with E-state index in [4.69, 9.17) is 4.74 Å².